The number of carbonyl (C=O) groups excluding carboxylic acids is 1. The topological polar surface area (TPSA) is 45.2 Å². The second-order valence-corrected chi connectivity index (χ2v) is 7.29. The molecular formula is C20H21ClF3N3O. The first-order valence-electron chi connectivity index (χ1n) is 9.08. The van der Waals surface area contributed by atoms with Crippen molar-refractivity contribution in [3.05, 3.63) is 63.9 Å². The molecule has 1 aromatic heterocycles. The zero-order valence-electron chi connectivity index (χ0n) is 15.4. The second-order valence-electron chi connectivity index (χ2n) is 6.85. The average Bonchev–Trinajstić information content (AvgIpc) is 3.15. The van der Waals surface area contributed by atoms with Crippen molar-refractivity contribution in [1.82, 2.24) is 15.2 Å². The van der Waals surface area contributed by atoms with Crippen LogP contribution in [0.15, 0.2) is 36.4 Å². The maximum Gasteiger partial charge on any atom is 0.433 e. The summed E-state index contributed by atoms with van der Waals surface area (Å²) in [7, 11) is 0. The van der Waals surface area contributed by atoms with Gasteiger partial charge in [0.25, 0.3) is 5.91 Å². The number of aromatic nitrogens is 1. The van der Waals surface area contributed by atoms with Crippen LogP contribution in [0.3, 0.4) is 0 Å². The molecule has 8 heteroatoms. The molecule has 150 valence electrons. The molecule has 1 aliphatic rings. The van der Waals surface area contributed by atoms with Gasteiger partial charge in [-0.3, -0.25) is 9.69 Å². The molecule has 1 aliphatic heterocycles. The molecule has 0 aliphatic carbocycles. The number of carbonyl (C=O) groups is 1. The predicted molar refractivity (Wildman–Crippen MR) is 101 cm³/mol. The molecule has 1 atom stereocenters. The summed E-state index contributed by atoms with van der Waals surface area (Å²) in [5.41, 5.74) is 0.180. The summed E-state index contributed by atoms with van der Waals surface area (Å²) < 4.78 is 38.3. The summed E-state index contributed by atoms with van der Waals surface area (Å²) in [6, 6.07) is 9.46. The number of aryl methyl sites for hydroxylation is 1. The first kappa shape index (κ1) is 20.6. The van der Waals surface area contributed by atoms with Crippen LogP contribution >= 0.6 is 11.6 Å². The highest BCUT2D eigenvalue weighted by Crippen LogP contribution is 2.29. The van der Waals surface area contributed by atoms with Crippen LogP contribution in [0.25, 0.3) is 0 Å². The number of nitrogens with zero attached hydrogens (tertiary/aromatic N) is 2. The standard InChI is InChI=1S/C20H21ClF3N3O/c1-13-16(7-8-18(26-13)20(22,23)24)19(28)25-12-17(27-9-2-3-10-27)14-5-4-6-15(21)11-14/h4-8,11,17H,2-3,9-10,12H2,1H3,(H,25,28). The number of alkyl halides is 3. The van der Waals surface area contributed by atoms with E-state index in [0.29, 0.717) is 11.6 Å². The molecule has 1 fully saturated rings. The fourth-order valence-electron chi connectivity index (χ4n) is 3.47. The van der Waals surface area contributed by atoms with Crippen LogP contribution < -0.4 is 5.32 Å². The Balaban J connectivity index is 1.75. The molecule has 1 unspecified atom stereocenters. The monoisotopic (exact) mass is 411 g/mol. The molecule has 1 amide bonds. The third-order valence-electron chi connectivity index (χ3n) is 4.89. The molecule has 0 bridgehead atoms. The fourth-order valence-corrected chi connectivity index (χ4v) is 3.67. The summed E-state index contributed by atoms with van der Waals surface area (Å²) >= 11 is 6.12. The lowest BCUT2D eigenvalue weighted by Gasteiger charge is -2.28. The molecule has 28 heavy (non-hydrogen) atoms. The van der Waals surface area contributed by atoms with E-state index in [-0.39, 0.29) is 17.3 Å². The highest BCUT2D eigenvalue weighted by atomic mass is 35.5. The molecule has 0 radical (unpaired) electrons. The predicted octanol–water partition coefficient (Wildman–Crippen LogP) is 4.63. The van der Waals surface area contributed by atoms with Gasteiger partial charge in [-0.2, -0.15) is 13.2 Å². The van der Waals surface area contributed by atoms with Crippen molar-refractivity contribution >= 4 is 17.5 Å². The minimum atomic E-state index is -4.53. The van der Waals surface area contributed by atoms with E-state index in [1.807, 2.05) is 18.2 Å². The van der Waals surface area contributed by atoms with Gasteiger partial charge in [0, 0.05) is 11.6 Å². The lowest BCUT2D eigenvalue weighted by atomic mass is 10.0. The summed E-state index contributed by atoms with van der Waals surface area (Å²) in [6.07, 6.45) is -2.35. The van der Waals surface area contributed by atoms with E-state index < -0.39 is 17.8 Å². The normalized spacial score (nSPS) is 16.2. The molecule has 1 saturated heterocycles. The van der Waals surface area contributed by atoms with Gasteiger partial charge in [-0.25, -0.2) is 4.98 Å². The third kappa shape index (κ3) is 4.83. The van der Waals surface area contributed by atoms with Gasteiger partial charge in [-0.1, -0.05) is 23.7 Å². The zero-order chi connectivity index (χ0) is 20.3. The summed E-state index contributed by atoms with van der Waals surface area (Å²) in [5, 5.41) is 3.47. The van der Waals surface area contributed by atoms with Crippen LogP contribution in [0.4, 0.5) is 13.2 Å². The number of hydrogen-bond acceptors (Lipinski definition) is 3. The van der Waals surface area contributed by atoms with Crippen molar-refractivity contribution < 1.29 is 18.0 Å². The van der Waals surface area contributed by atoms with Gasteiger partial charge in [0.05, 0.1) is 17.3 Å². The minimum absolute atomic E-state index is 0.0483. The first-order valence-corrected chi connectivity index (χ1v) is 9.46. The third-order valence-corrected chi connectivity index (χ3v) is 5.13. The number of nitrogens with one attached hydrogen (secondary N) is 1. The maximum atomic E-state index is 12.8. The van der Waals surface area contributed by atoms with E-state index >= 15 is 0 Å². The van der Waals surface area contributed by atoms with E-state index in [0.717, 1.165) is 37.6 Å². The van der Waals surface area contributed by atoms with Crippen molar-refractivity contribution in [2.45, 2.75) is 32.0 Å². The highest BCUT2D eigenvalue weighted by Gasteiger charge is 2.33. The molecule has 2 aromatic rings. The molecule has 2 heterocycles. The summed E-state index contributed by atoms with van der Waals surface area (Å²) in [6.45, 7) is 3.58. The average molecular weight is 412 g/mol. The van der Waals surface area contributed by atoms with Gasteiger partial charge in [-0.05, 0) is 62.7 Å². The number of likely N-dealkylation sites (tertiary alicyclic amines) is 1. The highest BCUT2D eigenvalue weighted by molar-refractivity contribution is 6.30. The number of pyridine rings is 1. The van der Waals surface area contributed by atoms with Crippen LogP contribution in [0.5, 0.6) is 0 Å². The number of halogens is 4. The van der Waals surface area contributed by atoms with Gasteiger partial charge >= 0.3 is 6.18 Å². The number of hydrogen-bond donors (Lipinski definition) is 1. The molecule has 4 nitrogen and oxygen atoms in total. The largest absolute Gasteiger partial charge is 0.433 e. The van der Waals surface area contributed by atoms with Crippen molar-refractivity contribution in [1.29, 1.82) is 0 Å². The van der Waals surface area contributed by atoms with Gasteiger partial charge in [-0.15, -0.1) is 0 Å². The molecular weight excluding hydrogens is 391 g/mol. The second kappa shape index (κ2) is 8.49. The Morgan fingerprint density at radius 1 is 1.25 bits per heavy atom. The van der Waals surface area contributed by atoms with Crippen LogP contribution in [0, 0.1) is 6.92 Å². The van der Waals surface area contributed by atoms with E-state index in [2.05, 4.69) is 15.2 Å². The number of amides is 1. The molecule has 1 N–H and O–H groups in total. The minimum Gasteiger partial charge on any atom is -0.350 e. The van der Waals surface area contributed by atoms with Crippen molar-refractivity contribution in [2.75, 3.05) is 19.6 Å². The fraction of sp³-hybridized carbons (Fsp3) is 0.400. The number of rotatable bonds is 5. The first-order chi connectivity index (χ1) is 13.3. The SMILES string of the molecule is Cc1nc(C(F)(F)F)ccc1C(=O)NCC(c1cccc(Cl)c1)N1CCCC1. The Morgan fingerprint density at radius 2 is 1.96 bits per heavy atom. The van der Waals surface area contributed by atoms with E-state index in [9.17, 15) is 18.0 Å². The van der Waals surface area contributed by atoms with E-state index in [1.165, 1.54) is 13.0 Å². The van der Waals surface area contributed by atoms with Crippen LogP contribution in [0.2, 0.25) is 5.02 Å². The smallest absolute Gasteiger partial charge is 0.350 e. The summed E-state index contributed by atoms with van der Waals surface area (Å²) in [5.74, 6) is -0.440. The van der Waals surface area contributed by atoms with Crippen LogP contribution in [-0.2, 0) is 6.18 Å². The summed E-state index contributed by atoms with van der Waals surface area (Å²) in [4.78, 5) is 18.4. The molecule has 0 spiro atoms. The lowest BCUT2D eigenvalue weighted by Crippen LogP contribution is -2.37. The Hall–Kier alpha value is -2.12. The quantitative estimate of drug-likeness (QED) is 0.780. The molecule has 0 saturated carbocycles. The van der Waals surface area contributed by atoms with Crippen molar-refractivity contribution in [3.63, 3.8) is 0 Å². The Labute approximate surface area is 166 Å². The zero-order valence-corrected chi connectivity index (χ0v) is 16.1. The molecule has 1 aromatic carbocycles. The van der Waals surface area contributed by atoms with Gasteiger partial charge in [0.1, 0.15) is 5.69 Å². The Kier molecular flexibility index (Phi) is 6.25. The van der Waals surface area contributed by atoms with Gasteiger partial charge in [0.15, 0.2) is 0 Å². The van der Waals surface area contributed by atoms with E-state index in [4.69, 9.17) is 11.6 Å². The van der Waals surface area contributed by atoms with Crippen LogP contribution in [-0.4, -0.2) is 35.4 Å². The van der Waals surface area contributed by atoms with Gasteiger partial charge in [0.2, 0.25) is 0 Å². The van der Waals surface area contributed by atoms with Crippen molar-refractivity contribution in [3.8, 4) is 0 Å². The Bertz CT molecular complexity index is 851. The maximum absolute atomic E-state index is 12.8. The molecule has 3 rings (SSSR count). The van der Waals surface area contributed by atoms with E-state index in [1.54, 1.807) is 6.07 Å². The number of benzene rings is 1. The Morgan fingerprint density at radius 3 is 2.57 bits per heavy atom. The van der Waals surface area contributed by atoms with Crippen LogP contribution in [0.1, 0.15) is 46.2 Å². The lowest BCUT2D eigenvalue weighted by molar-refractivity contribution is -0.141. The van der Waals surface area contributed by atoms with Crippen molar-refractivity contribution in [2.24, 2.45) is 0 Å². The van der Waals surface area contributed by atoms with Gasteiger partial charge < -0.3 is 5.32 Å².